The van der Waals surface area contributed by atoms with Crippen LogP contribution in [0.5, 0.6) is 5.75 Å². The minimum atomic E-state index is -0.388. The van der Waals surface area contributed by atoms with E-state index in [2.05, 4.69) is 11.4 Å². The quantitative estimate of drug-likeness (QED) is 0.526. The Bertz CT molecular complexity index is 1190. The fourth-order valence-electron chi connectivity index (χ4n) is 2.96. The van der Waals surface area contributed by atoms with Crippen LogP contribution >= 0.6 is 23.4 Å². The molecular formula is C24H20ClN3O3S. The molecule has 0 aromatic heterocycles. The molecule has 162 valence electrons. The summed E-state index contributed by atoms with van der Waals surface area (Å²) >= 11 is 7.34. The summed E-state index contributed by atoms with van der Waals surface area (Å²) in [6.07, 6.45) is 0. The van der Waals surface area contributed by atoms with Gasteiger partial charge in [0.25, 0.3) is 5.91 Å². The van der Waals surface area contributed by atoms with Gasteiger partial charge in [-0.1, -0.05) is 47.6 Å². The Morgan fingerprint density at radius 3 is 2.50 bits per heavy atom. The third kappa shape index (κ3) is 5.61. The van der Waals surface area contributed by atoms with Gasteiger partial charge in [0.1, 0.15) is 11.8 Å². The molecule has 3 aromatic rings. The molecule has 8 heteroatoms. The Kier molecular flexibility index (Phi) is 7.77. The summed E-state index contributed by atoms with van der Waals surface area (Å²) in [4.78, 5) is 28.4. The molecule has 1 N–H and O–H groups in total. The molecule has 0 unspecified atom stereocenters. The Morgan fingerprint density at radius 1 is 1.09 bits per heavy atom. The van der Waals surface area contributed by atoms with E-state index in [9.17, 15) is 14.9 Å². The average molecular weight is 466 g/mol. The standard InChI is InChI=1S/C24H20ClN3O3S/c1-28(15-23(29)27-19-13-17(25)11-12-20(19)31-2)24(30)18-8-4-6-10-22(18)32-21-9-5-3-7-16(21)14-26/h3-13H,15H2,1-2H3,(H,27,29). The van der Waals surface area contributed by atoms with Gasteiger partial charge in [-0.2, -0.15) is 5.26 Å². The molecule has 0 heterocycles. The molecule has 32 heavy (non-hydrogen) atoms. The molecule has 0 bridgehead atoms. The van der Waals surface area contributed by atoms with Crippen LogP contribution in [0.1, 0.15) is 15.9 Å². The van der Waals surface area contributed by atoms with Crippen molar-refractivity contribution < 1.29 is 14.3 Å². The van der Waals surface area contributed by atoms with Gasteiger partial charge in [-0.3, -0.25) is 9.59 Å². The second-order valence-corrected chi connectivity index (χ2v) is 8.28. The number of nitrogens with zero attached hydrogens (tertiary/aromatic N) is 2. The number of methoxy groups -OCH3 is 1. The van der Waals surface area contributed by atoms with Gasteiger partial charge in [-0.05, 0) is 42.5 Å². The second-order valence-electron chi connectivity index (χ2n) is 6.76. The van der Waals surface area contributed by atoms with Crippen LogP contribution in [0, 0.1) is 11.3 Å². The topological polar surface area (TPSA) is 82.4 Å². The summed E-state index contributed by atoms with van der Waals surface area (Å²) in [6, 6.07) is 21.4. The molecule has 0 spiro atoms. The van der Waals surface area contributed by atoms with Gasteiger partial charge in [0.2, 0.25) is 5.91 Å². The Balaban J connectivity index is 1.75. The fourth-order valence-corrected chi connectivity index (χ4v) is 4.15. The predicted molar refractivity (Wildman–Crippen MR) is 125 cm³/mol. The summed E-state index contributed by atoms with van der Waals surface area (Å²) in [6.45, 7) is -0.164. The predicted octanol–water partition coefficient (Wildman–Crippen LogP) is 5.08. The number of nitriles is 1. The number of benzene rings is 3. The number of ether oxygens (including phenoxy) is 1. The molecular weight excluding hydrogens is 446 g/mol. The maximum Gasteiger partial charge on any atom is 0.255 e. The number of hydrogen-bond donors (Lipinski definition) is 1. The van der Waals surface area contributed by atoms with E-state index in [0.29, 0.717) is 32.5 Å². The zero-order valence-corrected chi connectivity index (χ0v) is 19.0. The molecule has 3 aromatic carbocycles. The number of carbonyl (C=O) groups is 2. The molecule has 0 radical (unpaired) electrons. The summed E-state index contributed by atoms with van der Waals surface area (Å²) < 4.78 is 5.23. The second kappa shape index (κ2) is 10.7. The van der Waals surface area contributed by atoms with E-state index in [-0.39, 0.29) is 18.4 Å². The maximum atomic E-state index is 13.1. The third-order valence-electron chi connectivity index (χ3n) is 4.51. The van der Waals surface area contributed by atoms with Gasteiger partial charge < -0.3 is 15.0 Å². The van der Waals surface area contributed by atoms with E-state index in [0.717, 1.165) is 4.90 Å². The van der Waals surface area contributed by atoms with Crippen LogP contribution in [-0.2, 0) is 4.79 Å². The lowest BCUT2D eigenvalue weighted by atomic mass is 10.2. The number of hydrogen-bond acceptors (Lipinski definition) is 5. The summed E-state index contributed by atoms with van der Waals surface area (Å²) in [7, 11) is 3.05. The molecule has 0 saturated heterocycles. The summed E-state index contributed by atoms with van der Waals surface area (Å²) in [5.74, 6) is -0.230. The summed E-state index contributed by atoms with van der Waals surface area (Å²) in [5.41, 5.74) is 1.40. The lowest BCUT2D eigenvalue weighted by Gasteiger charge is -2.19. The Labute approximate surface area is 195 Å². The zero-order valence-electron chi connectivity index (χ0n) is 17.5. The van der Waals surface area contributed by atoms with Crippen molar-refractivity contribution in [1.29, 1.82) is 5.26 Å². The first-order valence-electron chi connectivity index (χ1n) is 9.57. The number of rotatable bonds is 7. The van der Waals surface area contributed by atoms with Gasteiger partial charge in [-0.25, -0.2) is 0 Å². The highest BCUT2D eigenvalue weighted by Crippen LogP contribution is 2.33. The molecule has 0 aliphatic carbocycles. The summed E-state index contributed by atoms with van der Waals surface area (Å²) in [5, 5.41) is 12.5. The largest absolute Gasteiger partial charge is 0.495 e. The van der Waals surface area contributed by atoms with Crippen LogP contribution in [0.2, 0.25) is 5.02 Å². The monoisotopic (exact) mass is 465 g/mol. The highest BCUT2D eigenvalue weighted by molar-refractivity contribution is 7.99. The Morgan fingerprint density at radius 2 is 1.78 bits per heavy atom. The molecule has 0 saturated carbocycles. The number of likely N-dealkylation sites (N-methyl/N-ethyl adjacent to an activating group) is 1. The van der Waals surface area contributed by atoms with Crippen molar-refractivity contribution in [3.63, 3.8) is 0 Å². The van der Waals surface area contributed by atoms with E-state index in [1.165, 1.54) is 23.8 Å². The number of anilines is 1. The van der Waals surface area contributed by atoms with Gasteiger partial charge >= 0.3 is 0 Å². The van der Waals surface area contributed by atoms with Gasteiger partial charge in [-0.15, -0.1) is 0 Å². The molecule has 6 nitrogen and oxygen atoms in total. The van der Waals surface area contributed by atoms with Crippen molar-refractivity contribution in [2.24, 2.45) is 0 Å². The van der Waals surface area contributed by atoms with Crippen molar-refractivity contribution in [2.45, 2.75) is 9.79 Å². The molecule has 0 atom stereocenters. The van der Waals surface area contributed by atoms with Gasteiger partial charge in [0, 0.05) is 21.9 Å². The van der Waals surface area contributed by atoms with Crippen LogP contribution in [0.25, 0.3) is 0 Å². The van der Waals surface area contributed by atoms with Crippen LogP contribution in [0.3, 0.4) is 0 Å². The van der Waals surface area contributed by atoms with E-state index >= 15 is 0 Å². The minimum Gasteiger partial charge on any atom is -0.495 e. The van der Waals surface area contributed by atoms with Crippen molar-refractivity contribution in [3.05, 3.63) is 82.9 Å². The molecule has 3 rings (SSSR count). The van der Waals surface area contributed by atoms with E-state index in [1.807, 2.05) is 24.3 Å². The molecule has 0 fully saturated rings. The van der Waals surface area contributed by atoms with Crippen molar-refractivity contribution in [2.75, 3.05) is 26.0 Å². The molecule has 0 aliphatic rings. The van der Waals surface area contributed by atoms with Gasteiger partial charge in [0.05, 0.1) is 30.5 Å². The fraction of sp³-hybridized carbons (Fsp3) is 0.125. The first-order chi connectivity index (χ1) is 15.4. The third-order valence-corrected chi connectivity index (χ3v) is 5.89. The van der Waals surface area contributed by atoms with E-state index in [4.69, 9.17) is 16.3 Å². The first kappa shape index (κ1) is 23.2. The molecule has 0 aliphatic heterocycles. The van der Waals surface area contributed by atoms with Gasteiger partial charge in [0.15, 0.2) is 0 Å². The van der Waals surface area contributed by atoms with Crippen LogP contribution in [0.4, 0.5) is 5.69 Å². The number of carbonyl (C=O) groups excluding carboxylic acids is 2. The van der Waals surface area contributed by atoms with Crippen LogP contribution in [0.15, 0.2) is 76.5 Å². The normalized spacial score (nSPS) is 10.2. The SMILES string of the molecule is COc1ccc(Cl)cc1NC(=O)CN(C)C(=O)c1ccccc1Sc1ccccc1C#N. The van der Waals surface area contributed by atoms with Crippen molar-refractivity contribution in [3.8, 4) is 11.8 Å². The average Bonchev–Trinajstić information content (AvgIpc) is 2.79. The molecule has 2 amide bonds. The number of halogens is 1. The van der Waals surface area contributed by atoms with Crippen molar-refractivity contribution >= 4 is 40.9 Å². The number of nitrogens with one attached hydrogen (secondary N) is 1. The zero-order chi connectivity index (χ0) is 23.1. The van der Waals surface area contributed by atoms with Crippen LogP contribution in [-0.4, -0.2) is 37.4 Å². The highest BCUT2D eigenvalue weighted by Gasteiger charge is 2.20. The minimum absolute atomic E-state index is 0.164. The number of amides is 2. The maximum absolute atomic E-state index is 13.1. The van der Waals surface area contributed by atoms with E-state index in [1.54, 1.807) is 49.5 Å². The van der Waals surface area contributed by atoms with Crippen molar-refractivity contribution in [1.82, 2.24) is 4.90 Å². The Hall–Kier alpha value is -3.47. The first-order valence-corrected chi connectivity index (χ1v) is 10.8. The highest BCUT2D eigenvalue weighted by atomic mass is 35.5. The lowest BCUT2D eigenvalue weighted by Crippen LogP contribution is -2.35. The smallest absolute Gasteiger partial charge is 0.255 e. The van der Waals surface area contributed by atoms with E-state index < -0.39 is 0 Å². The lowest BCUT2D eigenvalue weighted by molar-refractivity contribution is -0.116. The van der Waals surface area contributed by atoms with Crippen LogP contribution < -0.4 is 10.1 Å².